The summed E-state index contributed by atoms with van der Waals surface area (Å²) in [5, 5.41) is 9.70. The maximum Gasteiger partial charge on any atom is 0.331 e. The number of para-hydroxylation sites is 1. The van der Waals surface area contributed by atoms with Gasteiger partial charge in [-0.3, -0.25) is 4.79 Å². The number of aliphatic carboxylic acids is 1. The van der Waals surface area contributed by atoms with E-state index in [-0.39, 0.29) is 12.3 Å². The second-order valence-corrected chi connectivity index (χ2v) is 6.17. The molecule has 1 N–H and O–H groups in total. The fourth-order valence-electron chi connectivity index (χ4n) is 3.26. The summed E-state index contributed by atoms with van der Waals surface area (Å²) >= 11 is 0. The van der Waals surface area contributed by atoms with Crippen molar-refractivity contribution in [1.29, 1.82) is 0 Å². The normalized spacial score (nSPS) is 17.3. The van der Waals surface area contributed by atoms with Crippen molar-refractivity contribution in [2.45, 2.75) is 31.9 Å². The topological polar surface area (TPSA) is 66.8 Å². The van der Waals surface area contributed by atoms with Crippen LogP contribution in [0.15, 0.2) is 48.5 Å². The fourth-order valence-corrected chi connectivity index (χ4v) is 3.26. The first kappa shape index (κ1) is 17.9. The first-order valence-corrected chi connectivity index (χ1v) is 8.55. The first-order chi connectivity index (χ1) is 12.5. The lowest BCUT2D eigenvalue weighted by Crippen LogP contribution is -2.49. The minimum atomic E-state index is -1.09. The van der Waals surface area contributed by atoms with E-state index in [1.54, 1.807) is 25.1 Å². The second kappa shape index (κ2) is 7.56. The molecule has 3 rings (SSSR count). The predicted molar refractivity (Wildman–Crippen MR) is 93.3 cm³/mol. The number of carboxylic acids is 1. The lowest BCUT2D eigenvalue weighted by molar-refractivity contribution is -0.154. The summed E-state index contributed by atoms with van der Waals surface area (Å²) in [5.74, 6) is -2.11. The molecular formula is C20H20FNO4. The Labute approximate surface area is 151 Å². The zero-order chi connectivity index (χ0) is 18.7. The zero-order valence-corrected chi connectivity index (χ0v) is 14.4. The van der Waals surface area contributed by atoms with E-state index in [0.29, 0.717) is 18.4 Å². The third-order valence-electron chi connectivity index (χ3n) is 4.55. The molecule has 0 radical (unpaired) electrons. The second-order valence-electron chi connectivity index (χ2n) is 6.17. The number of fused-ring (bicyclic) bond motifs is 1. The number of carbonyl (C=O) groups is 2. The number of carboxylic acid groups (broad SMARTS) is 1. The van der Waals surface area contributed by atoms with Gasteiger partial charge in [-0.2, -0.15) is 0 Å². The van der Waals surface area contributed by atoms with Gasteiger partial charge in [-0.05, 0) is 36.1 Å². The Hall–Kier alpha value is -2.89. The molecule has 1 aliphatic heterocycles. The summed E-state index contributed by atoms with van der Waals surface area (Å²) in [6.07, 6.45) is -0.0709. The van der Waals surface area contributed by atoms with Crippen LogP contribution < -0.4 is 4.74 Å². The Balaban J connectivity index is 1.87. The van der Waals surface area contributed by atoms with Gasteiger partial charge >= 0.3 is 5.97 Å². The Morgan fingerprint density at radius 1 is 1.23 bits per heavy atom. The number of ether oxygens (including phenoxy) is 1. The number of halogens is 1. The van der Waals surface area contributed by atoms with Gasteiger partial charge in [0.25, 0.3) is 5.91 Å². The van der Waals surface area contributed by atoms with Gasteiger partial charge < -0.3 is 14.7 Å². The Kier molecular flexibility index (Phi) is 5.21. The highest BCUT2D eigenvalue weighted by atomic mass is 19.1. The maximum absolute atomic E-state index is 13.8. The minimum absolute atomic E-state index is 0.0167. The molecule has 0 aromatic heterocycles. The predicted octanol–water partition coefficient (Wildman–Crippen LogP) is 3.19. The van der Waals surface area contributed by atoms with Gasteiger partial charge in [0.1, 0.15) is 0 Å². The molecule has 0 spiro atoms. The summed E-state index contributed by atoms with van der Waals surface area (Å²) in [7, 11) is 0. The summed E-state index contributed by atoms with van der Waals surface area (Å²) in [6.45, 7) is 2.03. The molecule has 0 fully saturated rings. The zero-order valence-electron chi connectivity index (χ0n) is 14.4. The smallest absolute Gasteiger partial charge is 0.331 e. The molecule has 6 heteroatoms. The van der Waals surface area contributed by atoms with E-state index in [1.165, 1.54) is 23.1 Å². The van der Waals surface area contributed by atoms with Gasteiger partial charge in [-0.1, -0.05) is 43.3 Å². The third kappa shape index (κ3) is 3.40. The van der Waals surface area contributed by atoms with Crippen molar-refractivity contribution in [3.63, 3.8) is 0 Å². The SMILES string of the molecule is CCC(Oc1ccccc1F)C(=O)N1CCc2ccccc2C1C(=O)O. The molecule has 0 saturated carbocycles. The first-order valence-electron chi connectivity index (χ1n) is 8.55. The van der Waals surface area contributed by atoms with Gasteiger partial charge in [-0.15, -0.1) is 0 Å². The van der Waals surface area contributed by atoms with Crippen LogP contribution in [0.1, 0.15) is 30.5 Å². The molecule has 1 amide bonds. The van der Waals surface area contributed by atoms with Gasteiger partial charge in [0.15, 0.2) is 23.7 Å². The number of hydrogen-bond acceptors (Lipinski definition) is 3. The number of nitrogens with zero attached hydrogens (tertiary/aromatic N) is 1. The maximum atomic E-state index is 13.8. The molecule has 2 aromatic carbocycles. The van der Waals surface area contributed by atoms with Crippen LogP contribution in [0.5, 0.6) is 5.75 Å². The van der Waals surface area contributed by atoms with E-state index in [4.69, 9.17) is 4.74 Å². The van der Waals surface area contributed by atoms with E-state index in [9.17, 15) is 19.1 Å². The molecule has 26 heavy (non-hydrogen) atoms. The van der Waals surface area contributed by atoms with Crippen molar-refractivity contribution in [3.05, 3.63) is 65.5 Å². The largest absolute Gasteiger partial charge is 0.479 e. The standard InChI is InChI=1S/C20H20FNO4/c1-2-16(26-17-10-6-5-9-15(17)21)19(23)22-12-11-13-7-3-4-8-14(13)18(22)20(24)25/h3-10,16,18H,2,11-12H2,1H3,(H,24,25). The van der Waals surface area contributed by atoms with Crippen molar-refractivity contribution in [3.8, 4) is 5.75 Å². The van der Waals surface area contributed by atoms with Crippen LogP contribution in [0.4, 0.5) is 4.39 Å². The lowest BCUT2D eigenvalue weighted by atomic mass is 9.92. The van der Waals surface area contributed by atoms with Gasteiger partial charge in [0.2, 0.25) is 0 Å². The number of amides is 1. The highest BCUT2D eigenvalue weighted by Gasteiger charge is 2.38. The Morgan fingerprint density at radius 2 is 1.92 bits per heavy atom. The number of benzene rings is 2. The van der Waals surface area contributed by atoms with Crippen molar-refractivity contribution < 1.29 is 23.8 Å². The highest BCUT2D eigenvalue weighted by molar-refractivity contribution is 5.88. The van der Waals surface area contributed by atoms with E-state index in [2.05, 4.69) is 0 Å². The van der Waals surface area contributed by atoms with Crippen molar-refractivity contribution >= 4 is 11.9 Å². The molecule has 5 nitrogen and oxygen atoms in total. The van der Waals surface area contributed by atoms with Crippen molar-refractivity contribution in [2.75, 3.05) is 6.54 Å². The molecule has 0 bridgehead atoms. The van der Waals surface area contributed by atoms with Crippen LogP contribution in [0, 0.1) is 5.82 Å². The average molecular weight is 357 g/mol. The van der Waals surface area contributed by atoms with Gasteiger partial charge in [0.05, 0.1) is 0 Å². The van der Waals surface area contributed by atoms with Crippen LogP contribution in [-0.4, -0.2) is 34.5 Å². The van der Waals surface area contributed by atoms with Crippen LogP contribution in [0.25, 0.3) is 0 Å². The van der Waals surface area contributed by atoms with E-state index in [0.717, 1.165) is 5.56 Å². The van der Waals surface area contributed by atoms with Gasteiger partial charge in [-0.25, -0.2) is 9.18 Å². The van der Waals surface area contributed by atoms with Crippen LogP contribution in [-0.2, 0) is 16.0 Å². The summed E-state index contributed by atoms with van der Waals surface area (Å²) < 4.78 is 19.4. The average Bonchev–Trinajstić information content (AvgIpc) is 2.65. The Bertz CT molecular complexity index is 823. The van der Waals surface area contributed by atoms with E-state index in [1.807, 2.05) is 12.1 Å². The van der Waals surface area contributed by atoms with Crippen molar-refractivity contribution in [1.82, 2.24) is 4.90 Å². The Morgan fingerprint density at radius 3 is 2.62 bits per heavy atom. The van der Waals surface area contributed by atoms with E-state index < -0.39 is 29.8 Å². The van der Waals surface area contributed by atoms with Gasteiger partial charge in [0, 0.05) is 6.54 Å². The summed E-state index contributed by atoms with van der Waals surface area (Å²) in [5.41, 5.74) is 1.53. The molecule has 2 aromatic rings. The molecule has 2 atom stereocenters. The number of rotatable bonds is 5. The molecule has 2 unspecified atom stereocenters. The van der Waals surface area contributed by atoms with E-state index >= 15 is 0 Å². The molecule has 1 aliphatic rings. The molecule has 136 valence electrons. The molecule has 1 heterocycles. The summed E-state index contributed by atoms with van der Waals surface area (Å²) in [6, 6.07) is 12.0. The van der Waals surface area contributed by atoms with Crippen LogP contribution >= 0.6 is 0 Å². The molecule has 0 saturated heterocycles. The number of hydrogen-bond donors (Lipinski definition) is 1. The minimum Gasteiger partial charge on any atom is -0.479 e. The molecule has 0 aliphatic carbocycles. The van der Waals surface area contributed by atoms with Crippen LogP contribution in [0.2, 0.25) is 0 Å². The quantitative estimate of drug-likeness (QED) is 0.892. The van der Waals surface area contributed by atoms with Crippen molar-refractivity contribution in [2.24, 2.45) is 0 Å². The summed E-state index contributed by atoms with van der Waals surface area (Å²) in [4.78, 5) is 26.2. The highest BCUT2D eigenvalue weighted by Crippen LogP contribution is 2.31. The fraction of sp³-hybridized carbons (Fsp3) is 0.300. The number of carbonyl (C=O) groups excluding carboxylic acids is 1. The van der Waals surface area contributed by atoms with Crippen LogP contribution in [0.3, 0.4) is 0 Å². The third-order valence-corrected chi connectivity index (χ3v) is 4.55. The molecular weight excluding hydrogens is 337 g/mol. The monoisotopic (exact) mass is 357 g/mol. The lowest BCUT2D eigenvalue weighted by Gasteiger charge is -2.36.